The molecule has 0 amide bonds. The number of nitrogens with zero attached hydrogens (tertiary/aromatic N) is 6. The van der Waals surface area contributed by atoms with Crippen molar-refractivity contribution >= 4 is 17.8 Å². The third-order valence-corrected chi connectivity index (χ3v) is 6.06. The number of hydrogen-bond donors (Lipinski definition) is 0. The van der Waals surface area contributed by atoms with Crippen molar-refractivity contribution < 1.29 is 0 Å². The largest absolute Gasteiger partial charge is 0.353 e. The first-order chi connectivity index (χ1) is 14.3. The van der Waals surface area contributed by atoms with Crippen molar-refractivity contribution in [3.8, 4) is 0 Å². The van der Waals surface area contributed by atoms with Gasteiger partial charge in [0.05, 0.1) is 6.20 Å². The maximum absolute atomic E-state index is 4.89. The average molecular weight is 393 g/mol. The van der Waals surface area contributed by atoms with Crippen LogP contribution in [-0.2, 0) is 0 Å². The van der Waals surface area contributed by atoms with E-state index in [0.717, 1.165) is 57.5 Å². The van der Waals surface area contributed by atoms with E-state index in [1.807, 2.05) is 6.20 Å². The van der Waals surface area contributed by atoms with E-state index in [1.165, 1.54) is 24.8 Å². The number of rotatable bonds is 6. The monoisotopic (exact) mass is 392 g/mol. The Morgan fingerprint density at radius 3 is 2.66 bits per heavy atom. The van der Waals surface area contributed by atoms with Gasteiger partial charge in [-0.2, -0.15) is 10.1 Å². The molecule has 6 nitrogen and oxygen atoms in total. The highest BCUT2D eigenvalue weighted by Gasteiger charge is 2.25. The molecule has 3 heterocycles. The van der Waals surface area contributed by atoms with E-state index in [2.05, 4.69) is 74.3 Å². The third kappa shape index (κ3) is 5.12. The number of benzene rings is 1. The van der Waals surface area contributed by atoms with E-state index in [4.69, 9.17) is 4.98 Å². The second-order valence-corrected chi connectivity index (χ2v) is 7.97. The Morgan fingerprint density at radius 2 is 1.86 bits per heavy atom. The Bertz CT molecular complexity index is 785. The second-order valence-electron chi connectivity index (χ2n) is 7.97. The van der Waals surface area contributed by atoms with Crippen LogP contribution in [0.4, 0.5) is 11.8 Å². The SMILES string of the molecule is CCC1CCCCN1c1nncc(N2CCN(C/C=C/c3ccccc3)CC2)n1. The minimum absolute atomic E-state index is 0.550. The Kier molecular flexibility index (Phi) is 6.72. The lowest BCUT2D eigenvalue weighted by atomic mass is 10.0. The summed E-state index contributed by atoms with van der Waals surface area (Å²) in [7, 11) is 0. The van der Waals surface area contributed by atoms with Crippen LogP contribution in [0.5, 0.6) is 0 Å². The van der Waals surface area contributed by atoms with E-state index >= 15 is 0 Å². The minimum atomic E-state index is 0.550. The van der Waals surface area contributed by atoms with E-state index in [0.29, 0.717) is 6.04 Å². The summed E-state index contributed by atoms with van der Waals surface area (Å²) in [5.41, 5.74) is 1.26. The quantitative estimate of drug-likeness (QED) is 0.750. The summed E-state index contributed by atoms with van der Waals surface area (Å²) in [6, 6.07) is 11.0. The normalized spacial score (nSPS) is 21.1. The van der Waals surface area contributed by atoms with E-state index < -0.39 is 0 Å². The molecule has 6 heteroatoms. The third-order valence-electron chi connectivity index (χ3n) is 6.06. The Hall–Kier alpha value is -2.47. The molecule has 1 aromatic carbocycles. The molecule has 1 unspecified atom stereocenters. The summed E-state index contributed by atoms with van der Waals surface area (Å²) in [5.74, 6) is 1.78. The van der Waals surface area contributed by atoms with Gasteiger partial charge in [0.2, 0.25) is 5.95 Å². The Labute approximate surface area is 174 Å². The average Bonchev–Trinajstić information content (AvgIpc) is 2.80. The van der Waals surface area contributed by atoms with Crippen molar-refractivity contribution in [2.45, 2.75) is 38.6 Å². The molecule has 0 saturated carbocycles. The van der Waals surface area contributed by atoms with Crippen molar-refractivity contribution in [3.63, 3.8) is 0 Å². The smallest absolute Gasteiger partial charge is 0.247 e. The topological polar surface area (TPSA) is 48.4 Å². The molecule has 4 rings (SSSR count). The first kappa shape index (κ1) is 19.8. The lowest BCUT2D eigenvalue weighted by molar-refractivity contribution is 0.283. The van der Waals surface area contributed by atoms with Gasteiger partial charge in [-0.3, -0.25) is 4.90 Å². The fourth-order valence-electron chi connectivity index (χ4n) is 4.31. The first-order valence-corrected chi connectivity index (χ1v) is 11.0. The van der Waals surface area contributed by atoms with Crippen LogP contribution in [0, 0.1) is 0 Å². The van der Waals surface area contributed by atoms with Crippen LogP contribution in [-0.4, -0.2) is 65.4 Å². The van der Waals surface area contributed by atoms with Gasteiger partial charge < -0.3 is 9.80 Å². The maximum Gasteiger partial charge on any atom is 0.247 e. The number of aromatic nitrogens is 3. The molecule has 2 saturated heterocycles. The van der Waals surface area contributed by atoms with Gasteiger partial charge in [0.15, 0.2) is 5.82 Å². The molecular formula is C23H32N6. The molecule has 2 aliphatic rings. The Balaban J connectivity index is 1.32. The molecule has 2 aromatic rings. The first-order valence-electron chi connectivity index (χ1n) is 11.0. The van der Waals surface area contributed by atoms with Crippen molar-refractivity contribution in [2.75, 3.05) is 49.1 Å². The van der Waals surface area contributed by atoms with Crippen molar-refractivity contribution in [1.29, 1.82) is 0 Å². The van der Waals surface area contributed by atoms with Gasteiger partial charge in [-0.15, -0.1) is 5.10 Å². The highest BCUT2D eigenvalue weighted by Crippen LogP contribution is 2.24. The highest BCUT2D eigenvalue weighted by molar-refractivity contribution is 5.49. The predicted molar refractivity (Wildman–Crippen MR) is 119 cm³/mol. The molecule has 2 fully saturated rings. The van der Waals surface area contributed by atoms with Crippen LogP contribution in [0.3, 0.4) is 0 Å². The van der Waals surface area contributed by atoms with Crippen LogP contribution in [0.25, 0.3) is 6.08 Å². The van der Waals surface area contributed by atoms with Gasteiger partial charge >= 0.3 is 0 Å². The minimum Gasteiger partial charge on any atom is -0.353 e. The van der Waals surface area contributed by atoms with Crippen molar-refractivity contribution in [3.05, 3.63) is 48.2 Å². The number of piperidine rings is 1. The van der Waals surface area contributed by atoms with Crippen LogP contribution in [0.2, 0.25) is 0 Å². The zero-order valence-electron chi connectivity index (χ0n) is 17.5. The molecule has 0 aliphatic carbocycles. The van der Waals surface area contributed by atoms with Crippen molar-refractivity contribution in [1.82, 2.24) is 20.1 Å². The molecule has 2 aliphatic heterocycles. The zero-order valence-corrected chi connectivity index (χ0v) is 17.5. The molecule has 0 radical (unpaired) electrons. The van der Waals surface area contributed by atoms with Crippen LogP contribution in [0.1, 0.15) is 38.2 Å². The summed E-state index contributed by atoms with van der Waals surface area (Å²) < 4.78 is 0. The molecule has 0 bridgehead atoms. The number of anilines is 2. The molecule has 0 spiro atoms. The summed E-state index contributed by atoms with van der Waals surface area (Å²) >= 11 is 0. The fourth-order valence-corrected chi connectivity index (χ4v) is 4.31. The molecular weight excluding hydrogens is 360 g/mol. The fraction of sp³-hybridized carbons (Fsp3) is 0.522. The van der Waals surface area contributed by atoms with Gasteiger partial charge in [-0.05, 0) is 31.2 Å². The summed E-state index contributed by atoms with van der Waals surface area (Å²) in [6.45, 7) is 8.33. The second kappa shape index (κ2) is 9.83. The molecule has 1 aromatic heterocycles. The summed E-state index contributed by atoms with van der Waals surface area (Å²) in [6.07, 6.45) is 11.2. The lowest BCUT2D eigenvalue weighted by Gasteiger charge is -2.37. The summed E-state index contributed by atoms with van der Waals surface area (Å²) in [5, 5.41) is 8.64. The zero-order chi connectivity index (χ0) is 19.9. The van der Waals surface area contributed by atoms with Gasteiger partial charge in [0.1, 0.15) is 0 Å². The summed E-state index contributed by atoms with van der Waals surface area (Å²) in [4.78, 5) is 12.1. The van der Waals surface area contributed by atoms with Gasteiger partial charge in [0, 0.05) is 45.3 Å². The van der Waals surface area contributed by atoms with E-state index in [-0.39, 0.29) is 0 Å². The maximum atomic E-state index is 4.89. The highest BCUT2D eigenvalue weighted by atomic mass is 15.4. The van der Waals surface area contributed by atoms with Crippen molar-refractivity contribution in [2.24, 2.45) is 0 Å². The number of piperazine rings is 1. The van der Waals surface area contributed by atoms with E-state index in [1.54, 1.807) is 0 Å². The standard InChI is InChI=1S/C23H32N6/c1-2-21-12-6-7-14-29(21)23-25-22(19-24-26-23)28-17-15-27(16-18-28)13-8-11-20-9-4-3-5-10-20/h3-5,8-11,19,21H,2,6-7,12-18H2,1H3/b11-8+. The van der Waals surface area contributed by atoms with Gasteiger partial charge in [-0.25, -0.2) is 0 Å². The molecule has 154 valence electrons. The van der Waals surface area contributed by atoms with Gasteiger partial charge in [-0.1, -0.05) is 49.4 Å². The molecule has 29 heavy (non-hydrogen) atoms. The Morgan fingerprint density at radius 1 is 1.03 bits per heavy atom. The van der Waals surface area contributed by atoms with Crippen LogP contribution >= 0.6 is 0 Å². The number of hydrogen-bond acceptors (Lipinski definition) is 6. The molecule has 0 N–H and O–H groups in total. The lowest BCUT2D eigenvalue weighted by Crippen LogP contribution is -2.47. The van der Waals surface area contributed by atoms with Gasteiger partial charge in [0.25, 0.3) is 0 Å². The predicted octanol–water partition coefficient (Wildman–Crippen LogP) is 3.48. The van der Waals surface area contributed by atoms with Crippen LogP contribution < -0.4 is 9.80 Å². The molecule has 1 atom stereocenters. The van der Waals surface area contributed by atoms with Crippen LogP contribution in [0.15, 0.2) is 42.6 Å². The van der Waals surface area contributed by atoms with E-state index in [9.17, 15) is 0 Å².